The number of urea groups is 1. The molecule has 1 N–H and O–H groups in total. The maximum Gasteiger partial charge on any atom is 0.320 e. The van der Waals surface area contributed by atoms with Crippen LogP contribution < -0.4 is 0 Å². The Balaban J connectivity index is 1.51. The van der Waals surface area contributed by atoms with Gasteiger partial charge >= 0.3 is 12.0 Å². The van der Waals surface area contributed by atoms with Crippen LogP contribution >= 0.6 is 0 Å². The molecule has 3 fully saturated rings. The van der Waals surface area contributed by atoms with Gasteiger partial charge in [-0.3, -0.25) is 9.59 Å². The molecule has 0 radical (unpaired) electrons. The fourth-order valence-electron chi connectivity index (χ4n) is 3.57. The van der Waals surface area contributed by atoms with E-state index in [-0.39, 0.29) is 24.4 Å². The van der Waals surface area contributed by atoms with Gasteiger partial charge in [0.15, 0.2) is 0 Å². The smallest absolute Gasteiger partial charge is 0.320 e. The van der Waals surface area contributed by atoms with E-state index in [1.54, 1.807) is 4.90 Å². The summed E-state index contributed by atoms with van der Waals surface area (Å²) in [5, 5.41) is 9.06. The zero-order chi connectivity index (χ0) is 16.4. The summed E-state index contributed by atoms with van der Waals surface area (Å²) in [6, 6.07) is 0.100. The third-order valence-electron chi connectivity index (χ3n) is 4.97. The number of carbonyl (C=O) groups excluding carboxylic acids is 2. The standard InChI is InChI=1S/C15H23N3O5/c19-13-9-11(14(20)21)10-18(13)12-1-3-16(4-2-12)15(22)17-5-7-23-8-6-17/h11-12H,1-10H2,(H,20,21). The number of hydrogen-bond acceptors (Lipinski definition) is 4. The minimum Gasteiger partial charge on any atom is -0.481 e. The molecule has 8 nitrogen and oxygen atoms in total. The summed E-state index contributed by atoms with van der Waals surface area (Å²) in [4.78, 5) is 40.8. The number of ether oxygens (including phenoxy) is 1. The third-order valence-corrected chi connectivity index (χ3v) is 4.97. The van der Waals surface area contributed by atoms with Crippen LogP contribution in [0.4, 0.5) is 4.79 Å². The van der Waals surface area contributed by atoms with Crippen LogP contribution in [0.1, 0.15) is 19.3 Å². The normalized spacial score (nSPS) is 26.7. The Kier molecular flexibility index (Phi) is 4.70. The predicted molar refractivity (Wildman–Crippen MR) is 79.8 cm³/mol. The molecule has 0 aliphatic carbocycles. The Bertz CT molecular complexity index is 484. The highest BCUT2D eigenvalue weighted by molar-refractivity contribution is 5.86. The molecule has 0 aromatic carbocycles. The molecule has 3 aliphatic rings. The van der Waals surface area contributed by atoms with Crippen LogP contribution in [0.2, 0.25) is 0 Å². The molecule has 3 amide bonds. The molecular weight excluding hydrogens is 302 g/mol. The number of carboxylic acid groups (broad SMARTS) is 1. The van der Waals surface area contributed by atoms with Crippen LogP contribution in [0.25, 0.3) is 0 Å². The first-order valence-corrected chi connectivity index (χ1v) is 8.20. The van der Waals surface area contributed by atoms with Crippen molar-refractivity contribution in [2.45, 2.75) is 25.3 Å². The first-order chi connectivity index (χ1) is 11.1. The molecule has 1 unspecified atom stereocenters. The molecule has 3 aliphatic heterocycles. The van der Waals surface area contributed by atoms with Crippen molar-refractivity contribution in [2.24, 2.45) is 5.92 Å². The van der Waals surface area contributed by atoms with Gasteiger partial charge in [0.1, 0.15) is 0 Å². The highest BCUT2D eigenvalue weighted by Gasteiger charge is 2.39. The van der Waals surface area contributed by atoms with Gasteiger partial charge in [-0.1, -0.05) is 0 Å². The van der Waals surface area contributed by atoms with Gasteiger partial charge in [0.05, 0.1) is 19.1 Å². The lowest BCUT2D eigenvalue weighted by Crippen LogP contribution is -2.53. The largest absolute Gasteiger partial charge is 0.481 e. The van der Waals surface area contributed by atoms with Crippen molar-refractivity contribution >= 4 is 17.9 Å². The number of amides is 3. The second-order valence-electron chi connectivity index (χ2n) is 6.39. The maximum absolute atomic E-state index is 12.4. The number of carboxylic acids is 1. The Morgan fingerprint density at radius 2 is 1.65 bits per heavy atom. The van der Waals surface area contributed by atoms with Gasteiger partial charge < -0.3 is 24.5 Å². The van der Waals surface area contributed by atoms with Crippen molar-refractivity contribution in [3.63, 3.8) is 0 Å². The first kappa shape index (κ1) is 16.0. The molecular formula is C15H23N3O5. The molecule has 0 saturated carbocycles. The topological polar surface area (TPSA) is 90.4 Å². The number of piperidine rings is 1. The summed E-state index contributed by atoms with van der Waals surface area (Å²) in [6.07, 6.45) is 1.53. The quantitative estimate of drug-likeness (QED) is 0.762. The molecule has 0 bridgehead atoms. The number of likely N-dealkylation sites (tertiary alicyclic amines) is 2. The molecule has 128 valence electrons. The molecule has 0 aromatic rings. The summed E-state index contributed by atoms with van der Waals surface area (Å²) in [7, 11) is 0. The minimum atomic E-state index is -0.902. The molecule has 23 heavy (non-hydrogen) atoms. The van der Waals surface area contributed by atoms with Crippen molar-refractivity contribution in [1.29, 1.82) is 0 Å². The number of aliphatic carboxylic acids is 1. The van der Waals surface area contributed by atoms with Gasteiger partial charge in [-0.15, -0.1) is 0 Å². The summed E-state index contributed by atoms with van der Waals surface area (Å²) in [5.41, 5.74) is 0. The van der Waals surface area contributed by atoms with Crippen LogP contribution in [0, 0.1) is 5.92 Å². The molecule has 0 aromatic heterocycles. The molecule has 1 atom stereocenters. The van der Waals surface area contributed by atoms with Crippen LogP contribution in [-0.2, 0) is 14.3 Å². The van der Waals surface area contributed by atoms with Gasteiger partial charge in [-0.25, -0.2) is 4.79 Å². The van der Waals surface area contributed by atoms with E-state index >= 15 is 0 Å². The van der Waals surface area contributed by atoms with E-state index < -0.39 is 11.9 Å². The van der Waals surface area contributed by atoms with Gasteiger partial charge in [0, 0.05) is 45.2 Å². The van der Waals surface area contributed by atoms with Gasteiger partial charge in [-0.2, -0.15) is 0 Å². The Morgan fingerprint density at radius 1 is 1.04 bits per heavy atom. The Morgan fingerprint density at radius 3 is 2.22 bits per heavy atom. The molecule has 3 saturated heterocycles. The lowest BCUT2D eigenvalue weighted by Gasteiger charge is -2.39. The van der Waals surface area contributed by atoms with E-state index in [1.165, 1.54) is 0 Å². The van der Waals surface area contributed by atoms with E-state index in [4.69, 9.17) is 9.84 Å². The van der Waals surface area contributed by atoms with Crippen molar-refractivity contribution in [3.05, 3.63) is 0 Å². The summed E-state index contributed by atoms with van der Waals surface area (Å²) < 4.78 is 5.26. The second-order valence-corrected chi connectivity index (χ2v) is 6.39. The number of carbonyl (C=O) groups is 3. The fourth-order valence-corrected chi connectivity index (χ4v) is 3.57. The Hall–Kier alpha value is -1.83. The highest BCUT2D eigenvalue weighted by atomic mass is 16.5. The second kappa shape index (κ2) is 6.74. The van der Waals surface area contributed by atoms with Crippen molar-refractivity contribution in [2.75, 3.05) is 45.9 Å². The van der Waals surface area contributed by atoms with Crippen LogP contribution in [0.5, 0.6) is 0 Å². The fraction of sp³-hybridized carbons (Fsp3) is 0.800. The van der Waals surface area contributed by atoms with E-state index in [2.05, 4.69) is 0 Å². The minimum absolute atomic E-state index is 0.0444. The highest BCUT2D eigenvalue weighted by Crippen LogP contribution is 2.26. The molecule has 3 rings (SSSR count). The number of morpholine rings is 1. The zero-order valence-corrected chi connectivity index (χ0v) is 13.1. The van der Waals surface area contributed by atoms with Crippen molar-refractivity contribution < 1.29 is 24.2 Å². The van der Waals surface area contributed by atoms with Gasteiger partial charge in [-0.05, 0) is 12.8 Å². The molecule has 3 heterocycles. The number of rotatable bonds is 2. The number of hydrogen-bond donors (Lipinski definition) is 1. The number of nitrogens with zero attached hydrogens (tertiary/aromatic N) is 3. The lowest BCUT2D eigenvalue weighted by atomic mass is 10.0. The average molecular weight is 325 g/mol. The van der Waals surface area contributed by atoms with Crippen molar-refractivity contribution in [3.8, 4) is 0 Å². The van der Waals surface area contributed by atoms with Gasteiger partial charge in [0.25, 0.3) is 0 Å². The summed E-state index contributed by atoms with van der Waals surface area (Å²) in [6.45, 7) is 3.95. The zero-order valence-electron chi connectivity index (χ0n) is 13.1. The maximum atomic E-state index is 12.4. The predicted octanol–water partition coefficient (Wildman–Crippen LogP) is -0.164. The molecule has 8 heteroatoms. The third kappa shape index (κ3) is 3.41. The monoisotopic (exact) mass is 325 g/mol. The van der Waals surface area contributed by atoms with Gasteiger partial charge in [0.2, 0.25) is 5.91 Å². The van der Waals surface area contributed by atoms with Crippen LogP contribution in [0.15, 0.2) is 0 Å². The van der Waals surface area contributed by atoms with E-state index in [0.29, 0.717) is 58.8 Å². The summed E-state index contributed by atoms with van der Waals surface area (Å²) in [5.74, 6) is -1.56. The SMILES string of the molecule is O=C(O)C1CC(=O)N(C2CCN(C(=O)N3CCOCC3)CC2)C1. The Labute approximate surface area is 135 Å². The van der Waals surface area contributed by atoms with E-state index in [9.17, 15) is 14.4 Å². The summed E-state index contributed by atoms with van der Waals surface area (Å²) >= 11 is 0. The van der Waals surface area contributed by atoms with Crippen LogP contribution in [-0.4, -0.2) is 89.7 Å². The lowest BCUT2D eigenvalue weighted by molar-refractivity contribution is -0.141. The molecule has 0 spiro atoms. The van der Waals surface area contributed by atoms with E-state index in [1.807, 2.05) is 9.80 Å². The first-order valence-electron chi connectivity index (χ1n) is 8.20. The van der Waals surface area contributed by atoms with Crippen LogP contribution in [0.3, 0.4) is 0 Å². The average Bonchev–Trinajstić information content (AvgIpc) is 2.97. The van der Waals surface area contributed by atoms with E-state index in [0.717, 1.165) is 0 Å². The van der Waals surface area contributed by atoms with Crippen molar-refractivity contribution in [1.82, 2.24) is 14.7 Å².